The summed E-state index contributed by atoms with van der Waals surface area (Å²) in [6.07, 6.45) is -0.603. The van der Waals surface area contributed by atoms with Crippen molar-refractivity contribution in [1.82, 2.24) is 9.80 Å². The van der Waals surface area contributed by atoms with Crippen molar-refractivity contribution < 1.29 is 19.1 Å². The van der Waals surface area contributed by atoms with Crippen LogP contribution in [0.4, 0.5) is 4.79 Å². The monoisotopic (exact) mass is 280 g/mol. The first kappa shape index (κ1) is 12.2. The lowest BCUT2D eigenvalue weighted by atomic mass is 10.1. The molecule has 0 saturated carbocycles. The Labute approximate surface area is 113 Å². The van der Waals surface area contributed by atoms with Crippen molar-refractivity contribution in [3.05, 3.63) is 21.9 Å². The second-order valence-electron chi connectivity index (χ2n) is 4.59. The van der Waals surface area contributed by atoms with E-state index in [-0.39, 0.29) is 24.5 Å². The number of ether oxygens (including phenoxy) is 1. The molecule has 3 amide bonds. The van der Waals surface area contributed by atoms with Gasteiger partial charge in [-0.05, 0) is 19.1 Å². The molecule has 3 heterocycles. The van der Waals surface area contributed by atoms with Crippen LogP contribution >= 0.6 is 11.3 Å². The van der Waals surface area contributed by atoms with Gasteiger partial charge in [-0.2, -0.15) is 0 Å². The average Bonchev–Trinajstić information content (AvgIpc) is 2.87. The SMILES string of the molecule is Cc1ccc(C(=O)N2CC(N3C(=O)COC3=O)C2)s1. The molecule has 0 radical (unpaired) electrons. The van der Waals surface area contributed by atoms with Crippen LogP contribution in [0.3, 0.4) is 0 Å². The number of carbonyl (C=O) groups is 3. The maximum Gasteiger partial charge on any atom is 0.417 e. The van der Waals surface area contributed by atoms with Crippen LogP contribution in [0.2, 0.25) is 0 Å². The van der Waals surface area contributed by atoms with Gasteiger partial charge in [-0.1, -0.05) is 0 Å². The molecule has 0 aliphatic carbocycles. The number of amides is 3. The van der Waals surface area contributed by atoms with E-state index in [2.05, 4.69) is 4.74 Å². The minimum Gasteiger partial charge on any atom is -0.439 e. The van der Waals surface area contributed by atoms with Crippen molar-refractivity contribution in [3.63, 3.8) is 0 Å². The van der Waals surface area contributed by atoms with Gasteiger partial charge in [0.05, 0.1) is 10.9 Å². The molecule has 0 atom stereocenters. The van der Waals surface area contributed by atoms with Gasteiger partial charge in [-0.15, -0.1) is 11.3 Å². The normalized spacial score (nSPS) is 19.6. The van der Waals surface area contributed by atoms with E-state index >= 15 is 0 Å². The molecule has 0 bridgehead atoms. The van der Waals surface area contributed by atoms with E-state index in [9.17, 15) is 14.4 Å². The van der Waals surface area contributed by atoms with Crippen LogP contribution < -0.4 is 0 Å². The number of carbonyl (C=O) groups excluding carboxylic acids is 3. The Balaban J connectivity index is 1.62. The van der Waals surface area contributed by atoms with E-state index in [0.717, 1.165) is 9.78 Å². The van der Waals surface area contributed by atoms with Gasteiger partial charge in [0.1, 0.15) is 0 Å². The maximum absolute atomic E-state index is 12.1. The number of hydrogen-bond acceptors (Lipinski definition) is 5. The molecule has 0 unspecified atom stereocenters. The average molecular weight is 280 g/mol. The number of likely N-dealkylation sites (tertiary alicyclic amines) is 1. The number of imide groups is 1. The van der Waals surface area contributed by atoms with Crippen LogP contribution in [0.15, 0.2) is 12.1 Å². The van der Waals surface area contributed by atoms with E-state index in [1.165, 1.54) is 11.3 Å². The smallest absolute Gasteiger partial charge is 0.417 e. The molecule has 1 aromatic rings. The Kier molecular flexibility index (Phi) is 2.78. The van der Waals surface area contributed by atoms with Crippen LogP contribution in [0.1, 0.15) is 14.5 Å². The largest absolute Gasteiger partial charge is 0.439 e. The van der Waals surface area contributed by atoms with E-state index in [4.69, 9.17) is 0 Å². The third-order valence-corrected chi connectivity index (χ3v) is 4.24. The molecule has 2 aliphatic rings. The molecule has 7 heteroatoms. The number of rotatable bonds is 2. The molecule has 0 N–H and O–H groups in total. The van der Waals surface area contributed by atoms with Gasteiger partial charge < -0.3 is 9.64 Å². The Morgan fingerprint density at radius 2 is 2.11 bits per heavy atom. The van der Waals surface area contributed by atoms with Crippen LogP contribution in [0.25, 0.3) is 0 Å². The molecular formula is C12H12N2O4S. The van der Waals surface area contributed by atoms with Crippen LogP contribution in [-0.4, -0.2) is 53.4 Å². The highest BCUT2D eigenvalue weighted by Crippen LogP contribution is 2.24. The summed E-state index contributed by atoms with van der Waals surface area (Å²) in [5.41, 5.74) is 0. The minimum absolute atomic E-state index is 0.0469. The first-order valence-electron chi connectivity index (χ1n) is 5.91. The molecule has 1 aromatic heterocycles. The summed E-state index contributed by atoms with van der Waals surface area (Å²) in [5.74, 6) is -0.372. The number of aryl methyl sites for hydroxylation is 1. The van der Waals surface area contributed by atoms with E-state index in [1.807, 2.05) is 13.0 Å². The first-order valence-corrected chi connectivity index (χ1v) is 6.72. The lowest BCUT2D eigenvalue weighted by Crippen LogP contribution is -2.62. The molecule has 3 rings (SSSR count). The van der Waals surface area contributed by atoms with Crippen molar-refractivity contribution in [2.24, 2.45) is 0 Å². The van der Waals surface area contributed by atoms with Crippen LogP contribution in [-0.2, 0) is 9.53 Å². The summed E-state index contributed by atoms with van der Waals surface area (Å²) in [7, 11) is 0. The van der Waals surface area contributed by atoms with Gasteiger partial charge in [0.25, 0.3) is 11.8 Å². The van der Waals surface area contributed by atoms with Crippen molar-refractivity contribution in [1.29, 1.82) is 0 Å². The zero-order chi connectivity index (χ0) is 13.6. The number of thiophene rings is 1. The third-order valence-electron chi connectivity index (χ3n) is 3.25. The second-order valence-corrected chi connectivity index (χ2v) is 5.88. The summed E-state index contributed by atoms with van der Waals surface area (Å²) < 4.78 is 4.65. The predicted molar refractivity (Wildman–Crippen MR) is 66.9 cm³/mol. The van der Waals surface area contributed by atoms with Crippen LogP contribution in [0.5, 0.6) is 0 Å². The molecule has 6 nitrogen and oxygen atoms in total. The quantitative estimate of drug-likeness (QED) is 0.806. The Bertz CT molecular complexity index is 546. The molecule has 2 aliphatic heterocycles. The van der Waals surface area contributed by atoms with E-state index < -0.39 is 6.09 Å². The fraction of sp³-hybridized carbons (Fsp3) is 0.417. The van der Waals surface area contributed by atoms with E-state index in [1.54, 1.807) is 11.0 Å². The summed E-state index contributed by atoms with van der Waals surface area (Å²) in [4.78, 5) is 39.4. The first-order chi connectivity index (χ1) is 9.06. The number of cyclic esters (lactones) is 1. The second kappa shape index (κ2) is 4.34. The summed E-state index contributed by atoms with van der Waals surface area (Å²) in [5, 5.41) is 0. The highest BCUT2D eigenvalue weighted by atomic mass is 32.1. The number of hydrogen-bond donors (Lipinski definition) is 0. The molecule has 19 heavy (non-hydrogen) atoms. The highest BCUT2D eigenvalue weighted by molar-refractivity contribution is 7.13. The van der Waals surface area contributed by atoms with E-state index in [0.29, 0.717) is 18.0 Å². The van der Waals surface area contributed by atoms with Crippen molar-refractivity contribution in [2.45, 2.75) is 13.0 Å². The molecule has 0 aromatic carbocycles. The summed E-state index contributed by atoms with van der Waals surface area (Å²) >= 11 is 1.44. The highest BCUT2D eigenvalue weighted by Gasteiger charge is 2.44. The van der Waals surface area contributed by atoms with Gasteiger partial charge >= 0.3 is 6.09 Å². The van der Waals surface area contributed by atoms with Crippen molar-refractivity contribution >= 4 is 29.2 Å². The van der Waals surface area contributed by atoms with Gasteiger partial charge in [-0.3, -0.25) is 9.59 Å². The molecule has 100 valence electrons. The van der Waals surface area contributed by atoms with Gasteiger partial charge in [-0.25, -0.2) is 9.69 Å². The lowest BCUT2D eigenvalue weighted by molar-refractivity contribution is -0.129. The Morgan fingerprint density at radius 1 is 1.37 bits per heavy atom. The van der Waals surface area contributed by atoms with Gasteiger partial charge in [0, 0.05) is 18.0 Å². The summed E-state index contributed by atoms with van der Waals surface area (Å²) in [6, 6.07) is 3.45. The predicted octanol–water partition coefficient (Wildman–Crippen LogP) is 0.860. The van der Waals surface area contributed by atoms with Gasteiger partial charge in [0.2, 0.25) is 0 Å². The fourth-order valence-corrected chi connectivity index (χ4v) is 3.04. The zero-order valence-corrected chi connectivity index (χ0v) is 11.1. The molecule has 0 spiro atoms. The third kappa shape index (κ3) is 1.99. The molecule has 2 saturated heterocycles. The topological polar surface area (TPSA) is 66.9 Å². The maximum atomic E-state index is 12.1. The van der Waals surface area contributed by atoms with Crippen LogP contribution in [0, 0.1) is 6.92 Å². The lowest BCUT2D eigenvalue weighted by Gasteiger charge is -2.41. The van der Waals surface area contributed by atoms with Crippen molar-refractivity contribution in [2.75, 3.05) is 19.7 Å². The minimum atomic E-state index is -0.603. The Hall–Kier alpha value is -1.89. The molecule has 2 fully saturated rings. The Morgan fingerprint density at radius 3 is 2.63 bits per heavy atom. The number of nitrogens with zero attached hydrogens (tertiary/aromatic N) is 2. The van der Waals surface area contributed by atoms with Crippen molar-refractivity contribution in [3.8, 4) is 0 Å². The summed E-state index contributed by atoms with van der Waals surface area (Å²) in [6.45, 7) is 2.53. The zero-order valence-electron chi connectivity index (χ0n) is 10.3. The van der Waals surface area contributed by atoms with Gasteiger partial charge in [0.15, 0.2) is 6.61 Å². The standard InChI is InChI=1S/C12H12N2O4S/c1-7-2-3-9(19-7)11(16)13-4-8(5-13)14-10(15)6-18-12(14)17/h2-3,8H,4-6H2,1H3. The fourth-order valence-electron chi connectivity index (χ4n) is 2.21. The molecular weight excluding hydrogens is 268 g/mol.